The molecule has 40 heavy (non-hydrogen) atoms. The molecule has 1 N–H and O–H groups in total. The fraction of sp³-hybridized carbons (Fsp3) is 0.233. The standard InChI is InChI=1S/C30H31N7O3/c1-19-9-14-26(31-17-19)37-16-15-36(30(37)40)25-8-6-7-23(20(25)2)24-18-35(5)29(39)27(33-24)32-22-12-10-21(11-13-22)28(38)34(3)4/h6-14,17-18H,15-16H2,1-5H3,(H,32,33). The molecule has 0 spiro atoms. The van der Waals surface area contributed by atoms with Crippen molar-refractivity contribution in [2.45, 2.75) is 13.8 Å². The molecular formula is C30H31N7O3. The zero-order valence-electron chi connectivity index (χ0n) is 23.2. The minimum absolute atomic E-state index is 0.104. The van der Waals surface area contributed by atoms with E-state index < -0.39 is 0 Å². The molecule has 0 aliphatic carbocycles. The predicted octanol–water partition coefficient (Wildman–Crippen LogP) is 4.35. The Morgan fingerprint density at radius 2 is 1.68 bits per heavy atom. The molecule has 1 fully saturated rings. The monoisotopic (exact) mass is 537 g/mol. The average molecular weight is 538 g/mol. The van der Waals surface area contributed by atoms with Crippen LogP contribution in [0.1, 0.15) is 21.5 Å². The van der Waals surface area contributed by atoms with Crippen molar-refractivity contribution >= 4 is 34.9 Å². The number of anilines is 4. The topological polar surface area (TPSA) is 104 Å². The molecule has 3 heterocycles. The summed E-state index contributed by atoms with van der Waals surface area (Å²) in [4.78, 5) is 52.5. The zero-order valence-corrected chi connectivity index (χ0v) is 23.2. The van der Waals surface area contributed by atoms with E-state index in [0.29, 0.717) is 35.9 Å². The van der Waals surface area contributed by atoms with Crippen molar-refractivity contribution in [3.8, 4) is 11.3 Å². The molecule has 2 aromatic heterocycles. The van der Waals surface area contributed by atoms with Gasteiger partial charge in [-0.05, 0) is 61.4 Å². The van der Waals surface area contributed by atoms with Crippen LogP contribution in [0, 0.1) is 13.8 Å². The maximum absolute atomic E-state index is 13.4. The third-order valence-corrected chi connectivity index (χ3v) is 6.93. The Morgan fingerprint density at radius 3 is 2.35 bits per heavy atom. The first-order chi connectivity index (χ1) is 19.1. The first kappa shape index (κ1) is 26.6. The number of urea groups is 1. The number of benzene rings is 2. The molecule has 0 unspecified atom stereocenters. The minimum Gasteiger partial charge on any atom is -0.345 e. The largest absolute Gasteiger partial charge is 0.345 e. The summed E-state index contributed by atoms with van der Waals surface area (Å²) >= 11 is 0. The molecule has 0 saturated carbocycles. The van der Waals surface area contributed by atoms with Crippen LogP contribution in [0.25, 0.3) is 11.3 Å². The number of aromatic nitrogens is 3. The molecule has 0 bridgehead atoms. The number of hydrogen-bond donors (Lipinski definition) is 1. The van der Waals surface area contributed by atoms with Crippen LogP contribution in [0.2, 0.25) is 0 Å². The van der Waals surface area contributed by atoms with Gasteiger partial charge in [-0.3, -0.25) is 19.4 Å². The molecule has 1 aliphatic rings. The summed E-state index contributed by atoms with van der Waals surface area (Å²) in [5.41, 5.74) is 4.98. The lowest BCUT2D eigenvalue weighted by Crippen LogP contribution is -2.32. The third kappa shape index (κ3) is 5.03. The van der Waals surface area contributed by atoms with E-state index >= 15 is 0 Å². The maximum Gasteiger partial charge on any atom is 0.330 e. The summed E-state index contributed by atoms with van der Waals surface area (Å²) < 4.78 is 1.48. The summed E-state index contributed by atoms with van der Waals surface area (Å²) in [6.45, 7) is 4.97. The number of nitrogens with zero attached hydrogens (tertiary/aromatic N) is 6. The molecule has 3 amide bonds. The van der Waals surface area contributed by atoms with Gasteiger partial charge in [-0.1, -0.05) is 18.2 Å². The highest BCUT2D eigenvalue weighted by atomic mass is 16.2. The van der Waals surface area contributed by atoms with Gasteiger partial charge in [0.15, 0.2) is 5.82 Å². The van der Waals surface area contributed by atoms with Crippen LogP contribution in [-0.4, -0.2) is 58.6 Å². The first-order valence-corrected chi connectivity index (χ1v) is 12.9. The lowest BCUT2D eigenvalue weighted by atomic mass is 10.0. The fourth-order valence-corrected chi connectivity index (χ4v) is 4.69. The summed E-state index contributed by atoms with van der Waals surface area (Å²) in [7, 11) is 5.07. The van der Waals surface area contributed by atoms with Crippen molar-refractivity contribution in [3.63, 3.8) is 0 Å². The van der Waals surface area contributed by atoms with Crippen LogP contribution in [-0.2, 0) is 7.05 Å². The second-order valence-corrected chi connectivity index (χ2v) is 10.0. The predicted molar refractivity (Wildman–Crippen MR) is 156 cm³/mol. The molecule has 5 rings (SSSR count). The second kappa shape index (κ2) is 10.6. The van der Waals surface area contributed by atoms with Gasteiger partial charge >= 0.3 is 6.03 Å². The molecule has 2 aromatic carbocycles. The molecule has 204 valence electrons. The van der Waals surface area contributed by atoms with Gasteiger partial charge in [0.2, 0.25) is 0 Å². The highest BCUT2D eigenvalue weighted by molar-refractivity contribution is 6.06. The van der Waals surface area contributed by atoms with Crippen molar-refractivity contribution in [2.24, 2.45) is 7.05 Å². The van der Waals surface area contributed by atoms with Gasteiger partial charge in [-0.25, -0.2) is 14.8 Å². The number of amides is 3. The smallest absolute Gasteiger partial charge is 0.330 e. The van der Waals surface area contributed by atoms with Crippen LogP contribution >= 0.6 is 0 Å². The van der Waals surface area contributed by atoms with Crippen LogP contribution in [0.3, 0.4) is 0 Å². The molecule has 0 atom stereocenters. The van der Waals surface area contributed by atoms with E-state index in [1.807, 2.05) is 44.2 Å². The van der Waals surface area contributed by atoms with Crippen molar-refractivity contribution in [3.05, 3.63) is 94.0 Å². The number of carbonyl (C=O) groups is 2. The lowest BCUT2D eigenvalue weighted by molar-refractivity contribution is 0.0827. The number of pyridine rings is 1. The number of hydrogen-bond acceptors (Lipinski definition) is 6. The summed E-state index contributed by atoms with van der Waals surface area (Å²) in [6, 6.07) is 16.3. The normalized spacial score (nSPS) is 13.1. The third-order valence-electron chi connectivity index (χ3n) is 6.93. The van der Waals surface area contributed by atoms with E-state index in [1.54, 1.807) is 67.6 Å². The summed E-state index contributed by atoms with van der Waals surface area (Å²) in [5.74, 6) is 0.680. The Balaban J connectivity index is 1.44. The maximum atomic E-state index is 13.4. The summed E-state index contributed by atoms with van der Waals surface area (Å²) in [6.07, 6.45) is 3.44. The molecule has 4 aromatic rings. The summed E-state index contributed by atoms with van der Waals surface area (Å²) in [5, 5.41) is 3.10. The van der Waals surface area contributed by atoms with Gasteiger partial charge < -0.3 is 14.8 Å². The number of nitrogens with one attached hydrogen (secondary N) is 1. The fourth-order valence-electron chi connectivity index (χ4n) is 4.69. The van der Waals surface area contributed by atoms with Crippen LogP contribution in [0.5, 0.6) is 0 Å². The Kier molecular flexibility index (Phi) is 7.08. The Hall–Kier alpha value is -4.99. The SMILES string of the molecule is Cc1ccc(N2CCN(c3cccc(-c4cn(C)c(=O)c(Nc5ccc(C(=O)N(C)C)cc5)n4)c3C)C2=O)nc1. The van der Waals surface area contributed by atoms with Gasteiger partial charge in [-0.2, -0.15) is 0 Å². The van der Waals surface area contributed by atoms with Crippen LogP contribution < -0.4 is 20.7 Å². The van der Waals surface area contributed by atoms with Gasteiger partial charge in [0.25, 0.3) is 11.5 Å². The van der Waals surface area contributed by atoms with Gasteiger partial charge in [-0.15, -0.1) is 0 Å². The molecule has 10 heteroatoms. The highest BCUT2D eigenvalue weighted by Gasteiger charge is 2.32. The Labute approximate surface area is 232 Å². The highest BCUT2D eigenvalue weighted by Crippen LogP contribution is 2.33. The quantitative estimate of drug-likeness (QED) is 0.392. The number of carbonyl (C=O) groups excluding carboxylic acids is 2. The average Bonchev–Trinajstić information content (AvgIpc) is 3.32. The van der Waals surface area contributed by atoms with Crippen molar-refractivity contribution in [2.75, 3.05) is 42.3 Å². The second-order valence-electron chi connectivity index (χ2n) is 10.0. The molecule has 1 aliphatic heterocycles. The molecule has 10 nitrogen and oxygen atoms in total. The Morgan fingerprint density at radius 1 is 0.950 bits per heavy atom. The first-order valence-electron chi connectivity index (χ1n) is 12.9. The van der Waals surface area contributed by atoms with Crippen LogP contribution in [0.15, 0.2) is 71.8 Å². The van der Waals surface area contributed by atoms with E-state index in [9.17, 15) is 14.4 Å². The minimum atomic E-state index is -0.290. The van der Waals surface area contributed by atoms with E-state index in [-0.39, 0.29) is 23.3 Å². The van der Waals surface area contributed by atoms with Crippen molar-refractivity contribution in [1.82, 2.24) is 19.4 Å². The lowest BCUT2D eigenvalue weighted by Gasteiger charge is -2.21. The van der Waals surface area contributed by atoms with Gasteiger partial charge in [0, 0.05) is 69.1 Å². The van der Waals surface area contributed by atoms with E-state index in [1.165, 1.54) is 9.47 Å². The molecular weight excluding hydrogens is 506 g/mol. The van der Waals surface area contributed by atoms with E-state index in [2.05, 4.69) is 15.3 Å². The van der Waals surface area contributed by atoms with Crippen molar-refractivity contribution < 1.29 is 9.59 Å². The molecule has 0 radical (unpaired) electrons. The molecule has 1 saturated heterocycles. The number of rotatable bonds is 6. The van der Waals surface area contributed by atoms with Crippen LogP contribution in [0.4, 0.5) is 27.8 Å². The zero-order chi connectivity index (χ0) is 28.6. The van der Waals surface area contributed by atoms with Crippen molar-refractivity contribution in [1.29, 1.82) is 0 Å². The number of aryl methyl sites for hydroxylation is 2. The van der Waals surface area contributed by atoms with Gasteiger partial charge in [0.1, 0.15) is 5.82 Å². The Bertz CT molecular complexity index is 1640. The van der Waals surface area contributed by atoms with Gasteiger partial charge in [0.05, 0.1) is 5.69 Å². The van der Waals surface area contributed by atoms with E-state index in [4.69, 9.17) is 0 Å². The van der Waals surface area contributed by atoms with E-state index in [0.717, 1.165) is 22.4 Å².